The number of nitro benzene ring substituents is 1. The predicted octanol–water partition coefficient (Wildman–Crippen LogP) is 2.53. The Morgan fingerprint density at radius 2 is 2.20 bits per heavy atom. The van der Waals surface area contributed by atoms with Gasteiger partial charge in [0.2, 0.25) is 0 Å². The number of hydrogen-bond acceptors (Lipinski definition) is 4. The van der Waals surface area contributed by atoms with Crippen LogP contribution < -0.4 is 5.32 Å². The summed E-state index contributed by atoms with van der Waals surface area (Å²) in [6.45, 7) is 3.65. The molecular formula is C13H17ClN2O4. The van der Waals surface area contributed by atoms with Crippen LogP contribution in [-0.2, 0) is 0 Å². The molecule has 110 valence electrons. The fourth-order valence-electron chi connectivity index (χ4n) is 1.71. The van der Waals surface area contributed by atoms with E-state index in [-0.39, 0.29) is 22.9 Å². The fraction of sp³-hybridized carbons (Fsp3) is 0.462. The quantitative estimate of drug-likeness (QED) is 0.623. The number of halogens is 1. The molecule has 1 aromatic rings. The molecule has 20 heavy (non-hydrogen) atoms. The number of carbonyl (C=O) groups excluding carboxylic acids is 1. The van der Waals surface area contributed by atoms with Crippen LogP contribution in [0.15, 0.2) is 18.2 Å². The van der Waals surface area contributed by atoms with Crippen molar-refractivity contribution in [3.05, 3.63) is 38.9 Å². The summed E-state index contributed by atoms with van der Waals surface area (Å²) in [5.74, 6) is -0.428. The van der Waals surface area contributed by atoms with Gasteiger partial charge in [-0.1, -0.05) is 18.5 Å². The van der Waals surface area contributed by atoms with Gasteiger partial charge in [0.05, 0.1) is 4.92 Å². The predicted molar refractivity (Wildman–Crippen MR) is 76.0 cm³/mol. The molecule has 1 rings (SSSR count). The lowest BCUT2D eigenvalue weighted by atomic mass is 9.94. The molecule has 1 unspecified atom stereocenters. The molecule has 0 saturated carbocycles. The van der Waals surface area contributed by atoms with Crippen LogP contribution in [0.25, 0.3) is 0 Å². The summed E-state index contributed by atoms with van der Waals surface area (Å²) in [5.41, 5.74) is -0.696. The van der Waals surface area contributed by atoms with Gasteiger partial charge in [-0.3, -0.25) is 14.9 Å². The number of nitrogens with zero attached hydrogens (tertiary/aromatic N) is 1. The summed E-state index contributed by atoms with van der Waals surface area (Å²) in [7, 11) is 0. The monoisotopic (exact) mass is 300 g/mol. The Kier molecular flexibility index (Phi) is 5.47. The molecule has 1 aromatic carbocycles. The molecule has 0 spiro atoms. The van der Waals surface area contributed by atoms with Crippen LogP contribution in [0, 0.1) is 10.1 Å². The summed E-state index contributed by atoms with van der Waals surface area (Å²) in [6.07, 6.45) is 1.04. The minimum atomic E-state index is -0.633. The van der Waals surface area contributed by atoms with Crippen LogP contribution in [0.2, 0.25) is 5.02 Å². The van der Waals surface area contributed by atoms with Gasteiger partial charge in [0.1, 0.15) is 5.02 Å². The second-order valence-corrected chi connectivity index (χ2v) is 5.17. The Morgan fingerprint density at radius 3 is 2.70 bits per heavy atom. The standard InChI is InChI=1S/C13H17ClN2O4/c1-3-13(2,6-7-17)15-12(18)9-4-5-10(14)11(8-9)16(19)20/h4-5,8,17H,3,6-7H2,1-2H3,(H,15,18). The van der Waals surface area contributed by atoms with Gasteiger partial charge in [0.15, 0.2) is 0 Å². The number of aliphatic hydroxyl groups is 1. The van der Waals surface area contributed by atoms with Crippen LogP contribution in [0.3, 0.4) is 0 Å². The van der Waals surface area contributed by atoms with E-state index in [0.29, 0.717) is 12.8 Å². The van der Waals surface area contributed by atoms with E-state index in [1.807, 2.05) is 13.8 Å². The summed E-state index contributed by atoms with van der Waals surface area (Å²) in [5, 5.41) is 22.6. The van der Waals surface area contributed by atoms with Crippen molar-refractivity contribution >= 4 is 23.2 Å². The highest BCUT2D eigenvalue weighted by Crippen LogP contribution is 2.25. The molecule has 6 nitrogen and oxygen atoms in total. The highest BCUT2D eigenvalue weighted by Gasteiger charge is 2.25. The first kappa shape index (κ1) is 16.4. The largest absolute Gasteiger partial charge is 0.396 e. The lowest BCUT2D eigenvalue weighted by Gasteiger charge is -2.29. The number of rotatable bonds is 6. The summed E-state index contributed by atoms with van der Waals surface area (Å²) in [4.78, 5) is 22.3. The molecule has 0 aliphatic rings. The molecule has 0 saturated heterocycles. The average Bonchev–Trinajstić information content (AvgIpc) is 2.39. The minimum Gasteiger partial charge on any atom is -0.396 e. The second kappa shape index (κ2) is 6.67. The van der Waals surface area contributed by atoms with E-state index >= 15 is 0 Å². The van der Waals surface area contributed by atoms with E-state index in [4.69, 9.17) is 16.7 Å². The number of hydrogen-bond donors (Lipinski definition) is 2. The Bertz CT molecular complexity index is 521. The van der Waals surface area contributed by atoms with Gasteiger partial charge in [-0.25, -0.2) is 0 Å². The molecule has 0 bridgehead atoms. The van der Waals surface area contributed by atoms with E-state index in [2.05, 4.69) is 5.32 Å². The number of nitrogens with one attached hydrogen (secondary N) is 1. The Hall–Kier alpha value is -1.66. The lowest BCUT2D eigenvalue weighted by molar-refractivity contribution is -0.384. The van der Waals surface area contributed by atoms with Crippen molar-refractivity contribution in [2.24, 2.45) is 0 Å². The SMILES string of the molecule is CCC(C)(CCO)NC(=O)c1ccc(Cl)c([N+](=O)[O-])c1. The van der Waals surface area contributed by atoms with Crippen LogP contribution in [0.1, 0.15) is 37.0 Å². The molecule has 0 heterocycles. The van der Waals surface area contributed by atoms with Gasteiger partial charge in [-0.15, -0.1) is 0 Å². The van der Waals surface area contributed by atoms with Gasteiger partial charge in [-0.2, -0.15) is 0 Å². The zero-order chi connectivity index (χ0) is 15.3. The Morgan fingerprint density at radius 1 is 1.55 bits per heavy atom. The molecular weight excluding hydrogens is 284 g/mol. The van der Waals surface area contributed by atoms with Gasteiger partial charge in [-0.05, 0) is 31.9 Å². The highest BCUT2D eigenvalue weighted by atomic mass is 35.5. The van der Waals surface area contributed by atoms with E-state index < -0.39 is 16.4 Å². The van der Waals surface area contributed by atoms with Crippen molar-refractivity contribution in [3.63, 3.8) is 0 Å². The zero-order valence-corrected chi connectivity index (χ0v) is 12.1. The van der Waals surface area contributed by atoms with Crippen molar-refractivity contribution in [1.82, 2.24) is 5.32 Å². The number of amides is 1. The maximum absolute atomic E-state index is 12.1. The molecule has 0 fully saturated rings. The van der Waals surface area contributed by atoms with Crippen molar-refractivity contribution in [3.8, 4) is 0 Å². The lowest BCUT2D eigenvalue weighted by Crippen LogP contribution is -2.46. The smallest absolute Gasteiger partial charge is 0.288 e. The third-order valence-electron chi connectivity index (χ3n) is 3.26. The van der Waals surface area contributed by atoms with Gasteiger partial charge in [0.25, 0.3) is 11.6 Å². The summed E-state index contributed by atoms with van der Waals surface area (Å²) in [6, 6.07) is 3.90. The zero-order valence-electron chi connectivity index (χ0n) is 11.4. The average molecular weight is 301 g/mol. The van der Waals surface area contributed by atoms with E-state index in [9.17, 15) is 14.9 Å². The van der Waals surface area contributed by atoms with Crippen molar-refractivity contribution < 1.29 is 14.8 Å². The molecule has 0 radical (unpaired) electrons. The van der Waals surface area contributed by atoms with Crippen LogP contribution in [0.5, 0.6) is 0 Å². The number of benzene rings is 1. The van der Waals surface area contributed by atoms with Gasteiger partial charge < -0.3 is 10.4 Å². The van der Waals surface area contributed by atoms with Crippen molar-refractivity contribution in [1.29, 1.82) is 0 Å². The number of carbonyl (C=O) groups is 1. The summed E-state index contributed by atoms with van der Waals surface area (Å²) >= 11 is 5.70. The molecule has 1 amide bonds. The normalized spacial score (nSPS) is 13.6. The first-order valence-electron chi connectivity index (χ1n) is 6.20. The molecule has 0 aliphatic carbocycles. The molecule has 7 heteroatoms. The fourth-order valence-corrected chi connectivity index (χ4v) is 1.90. The van der Waals surface area contributed by atoms with Crippen molar-refractivity contribution in [2.45, 2.75) is 32.2 Å². The Labute approximate surface area is 121 Å². The molecule has 2 N–H and O–H groups in total. The topological polar surface area (TPSA) is 92.5 Å². The maximum atomic E-state index is 12.1. The van der Waals surface area contributed by atoms with Crippen LogP contribution >= 0.6 is 11.6 Å². The van der Waals surface area contributed by atoms with Gasteiger partial charge >= 0.3 is 0 Å². The number of aliphatic hydroxyl groups excluding tert-OH is 1. The van der Waals surface area contributed by atoms with E-state index in [1.165, 1.54) is 12.1 Å². The molecule has 1 atom stereocenters. The van der Waals surface area contributed by atoms with Crippen LogP contribution in [0.4, 0.5) is 5.69 Å². The third-order valence-corrected chi connectivity index (χ3v) is 3.58. The highest BCUT2D eigenvalue weighted by molar-refractivity contribution is 6.32. The van der Waals surface area contributed by atoms with Gasteiger partial charge in [0, 0.05) is 23.8 Å². The van der Waals surface area contributed by atoms with Crippen molar-refractivity contribution in [2.75, 3.05) is 6.61 Å². The maximum Gasteiger partial charge on any atom is 0.288 e. The first-order chi connectivity index (χ1) is 9.33. The molecule has 0 aromatic heterocycles. The van der Waals surface area contributed by atoms with E-state index in [1.54, 1.807) is 0 Å². The minimum absolute atomic E-state index is 0.0137. The van der Waals surface area contributed by atoms with E-state index in [0.717, 1.165) is 6.07 Å². The van der Waals surface area contributed by atoms with Crippen LogP contribution in [-0.4, -0.2) is 28.1 Å². The summed E-state index contributed by atoms with van der Waals surface area (Å²) < 4.78 is 0. The third kappa shape index (κ3) is 3.91. The second-order valence-electron chi connectivity index (χ2n) is 4.77. The first-order valence-corrected chi connectivity index (χ1v) is 6.58. The Balaban J connectivity index is 2.98. The number of nitro groups is 1. The molecule has 0 aliphatic heterocycles.